The van der Waals surface area contributed by atoms with Crippen molar-refractivity contribution in [1.82, 2.24) is 0 Å². The average Bonchev–Trinajstić information content (AvgIpc) is 2.16. The van der Waals surface area contributed by atoms with Gasteiger partial charge in [-0.2, -0.15) is 0 Å². The lowest BCUT2D eigenvalue weighted by molar-refractivity contribution is -0.479. The molecule has 0 radical (unpaired) electrons. The number of nitrogens with one attached hydrogen (secondary N) is 1. The summed E-state index contributed by atoms with van der Waals surface area (Å²) in [6.07, 6.45) is 0.410. The topological polar surface area (TPSA) is 72.2 Å². The molecule has 0 fully saturated rings. The van der Waals surface area contributed by atoms with Gasteiger partial charge in [0, 0.05) is 24.0 Å². The molecule has 5 heteroatoms. The van der Waals surface area contributed by atoms with Crippen molar-refractivity contribution in [3.63, 3.8) is 0 Å². The lowest BCUT2D eigenvalue weighted by Crippen LogP contribution is -2.06. The van der Waals surface area contributed by atoms with E-state index in [1.165, 1.54) is 6.92 Å². The lowest BCUT2D eigenvalue weighted by Gasteiger charge is -2.02. The molecule has 0 aromatic heterocycles. The van der Waals surface area contributed by atoms with Crippen LogP contribution in [0.4, 0.5) is 5.69 Å². The van der Waals surface area contributed by atoms with Gasteiger partial charge in [0.15, 0.2) is 0 Å². The van der Waals surface area contributed by atoms with E-state index < -0.39 is 0 Å². The van der Waals surface area contributed by atoms with Crippen LogP contribution in [0, 0.1) is 10.1 Å². The molecule has 1 rings (SSSR count). The minimum Gasteiger partial charge on any atom is -0.326 e. The van der Waals surface area contributed by atoms with Gasteiger partial charge in [-0.25, -0.2) is 0 Å². The fraction of sp³-hybridized carbons (Fsp3) is 0.300. The van der Waals surface area contributed by atoms with Gasteiger partial charge in [-0.15, -0.1) is 0 Å². The highest BCUT2D eigenvalue weighted by Crippen LogP contribution is 2.09. The van der Waals surface area contributed by atoms with E-state index in [-0.39, 0.29) is 17.4 Å². The van der Waals surface area contributed by atoms with Gasteiger partial charge >= 0.3 is 0 Å². The zero-order valence-electron chi connectivity index (χ0n) is 8.40. The largest absolute Gasteiger partial charge is 0.326 e. The molecule has 5 nitrogen and oxygen atoms in total. The highest BCUT2D eigenvalue weighted by molar-refractivity contribution is 5.88. The van der Waals surface area contributed by atoms with Gasteiger partial charge in [0.1, 0.15) is 0 Å². The summed E-state index contributed by atoms with van der Waals surface area (Å²) in [7, 11) is 0. The maximum Gasteiger partial charge on any atom is 0.221 e. The second-order valence-electron chi connectivity index (χ2n) is 3.18. The molecule has 0 aliphatic rings. The summed E-state index contributed by atoms with van der Waals surface area (Å²) in [5.41, 5.74) is 1.59. The van der Waals surface area contributed by atoms with Crippen LogP contribution in [0.2, 0.25) is 0 Å². The molecule has 15 heavy (non-hydrogen) atoms. The van der Waals surface area contributed by atoms with Crippen molar-refractivity contribution in [3.05, 3.63) is 39.9 Å². The predicted octanol–water partition coefficient (Wildman–Crippen LogP) is 1.46. The van der Waals surface area contributed by atoms with E-state index in [1.54, 1.807) is 24.3 Å². The van der Waals surface area contributed by atoms with E-state index in [1.807, 2.05) is 0 Å². The quantitative estimate of drug-likeness (QED) is 0.601. The van der Waals surface area contributed by atoms with E-state index >= 15 is 0 Å². The molecule has 1 N–H and O–H groups in total. The minimum absolute atomic E-state index is 0.0700. The van der Waals surface area contributed by atoms with Crippen molar-refractivity contribution in [3.8, 4) is 0 Å². The van der Waals surface area contributed by atoms with Gasteiger partial charge < -0.3 is 5.32 Å². The number of nitrogens with zero attached hydrogens (tertiary/aromatic N) is 1. The third-order valence-corrected chi connectivity index (χ3v) is 1.86. The number of nitro groups is 1. The Morgan fingerprint density at radius 3 is 2.47 bits per heavy atom. The van der Waals surface area contributed by atoms with Crippen LogP contribution in [-0.2, 0) is 11.2 Å². The summed E-state index contributed by atoms with van der Waals surface area (Å²) in [4.78, 5) is 20.5. The maximum atomic E-state index is 10.7. The Labute approximate surface area is 87.3 Å². The Hall–Kier alpha value is -1.91. The fourth-order valence-corrected chi connectivity index (χ4v) is 1.18. The molecule has 0 saturated carbocycles. The van der Waals surface area contributed by atoms with E-state index in [2.05, 4.69) is 5.32 Å². The second-order valence-corrected chi connectivity index (χ2v) is 3.18. The first-order chi connectivity index (χ1) is 7.08. The number of carbonyl (C=O) groups is 1. The Balaban J connectivity index is 2.56. The highest BCUT2D eigenvalue weighted by atomic mass is 16.6. The molecule has 0 aliphatic carbocycles. The maximum absolute atomic E-state index is 10.7. The van der Waals surface area contributed by atoms with Crippen molar-refractivity contribution < 1.29 is 9.72 Å². The van der Waals surface area contributed by atoms with Gasteiger partial charge in [-0.05, 0) is 17.7 Å². The molecular formula is C10H12N2O3. The number of benzene rings is 1. The smallest absolute Gasteiger partial charge is 0.221 e. The molecule has 0 saturated heterocycles. The van der Waals surface area contributed by atoms with Crippen molar-refractivity contribution in [2.24, 2.45) is 0 Å². The summed E-state index contributed by atoms with van der Waals surface area (Å²) >= 11 is 0. The van der Waals surface area contributed by atoms with Crippen LogP contribution >= 0.6 is 0 Å². The molecule has 0 aliphatic heterocycles. The minimum atomic E-state index is -0.346. The van der Waals surface area contributed by atoms with Crippen LogP contribution in [0.15, 0.2) is 24.3 Å². The zero-order valence-corrected chi connectivity index (χ0v) is 8.40. The highest BCUT2D eigenvalue weighted by Gasteiger charge is 2.00. The number of amides is 1. The van der Waals surface area contributed by atoms with E-state index in [0.717, 1.165) is 5.56 Å². The lowest BCUT2D eigenvalue weighted by atomic mass is 10.1. The van der Waals surface area contributed by atoms with Gasteiger partial charge in [-0.3, -0.25) is 14.9 Å². The second kappa shape index (κ2) is 5.09. The number of rotatable bonds is 4. The van der Waals surface area contributed by atoms with Crippen molar-refractivity contribution in [2.45, 2.75) is 13.3 Å². The van der Waals surface area contributed by atoms with Gasteiger partial charge in [0.25, 0.3) is 0 Å². The summed E-state index contributed by atoms with van der Waals surface area (Å²) in [6, 6.07) is 7.01. The molecule has 0 spiro atoms. The normalized spacial score (nSPS) is 9.67. The molecule has 0 bridgehead atoms. The Bertz CT molecular complexity index is 359. The monoisotopic (exact) mass is 208 g/mol. The first kappa shape index (κ1) is 11.2. The SMILES string of the molecule is CC(=O)Nc1ccc(CC[N+](=O)[O-])cc1. The van der Waals surface area contributed by atoms with Crippen LogP contribution < -0.4 is 5.32 Å². The van der Waals surface area contributed by atoms with Crippen LogP contribution in [0.1, 0.15) is 12.5 Å². The molecule has 80 valence electrons. The molecule has 1 amide bonds. The van der Waals surface area contributed by atoms with Crippen molar-refractivity contribution in [1.29, 1.82) is 0 Å². The number of anilines is 1. The Morgan fingerprint density at radius 2 is 2.00 bits per heavy atom. The summed E-state index contributed by atoms with van der Waals surface area (Å²) < 4.78 is 0. The summed E-state index contributed by atoms with van der Waals surface area (Å²) in [5, 5.41) is 12.8. The van der Waals surface area contributed by atoms with E-state index in [4.69, 9.17) is 0 Å². The van der Waals surface area contributed by atoms with Crippen LogP contribution in [0.5, 0.6) is 0 Å². The Morgan fingerprint density at radius 1 is 1.40 bits per heavy atom. The molecule has 0 unspecified atom stereocenters. The molecular weight excluding hydrogens is 196 g/mol. The first-order valence-corrected chi connectivity index (χ1v) is 4.56. The third kappa shape index (κ3) is 4.21. The third-order valence-electron chi connectivity index (χ3n) is 1.86. The van der Waals surface area contributed by atoms with Crippen molar-refractivity contribution in [2.75, 3.05) is 11.9 Å². The molecule has 1 aromatic carbocycles. The standard InChI is InChI=1S/C10H12N2O3/c1-8(13)11-10-4-2-9(3-5-10)6-7-12(14)15/h2-5H,6-7H2,1H3,(H,11,13). The van der Waals surface area contributed by atoms with Gasteiger partial charge in [0.05, 0.1) is 0 Å². The first-order valence-electron chi connectivity index (χ1n) is 4.56. The van der Waals surface area contributed by atoms with Crippen LogP contribution in [0.3, 0.4) is 0 Å². The van der Waals surface area contributed by atoms with Gasteiger partial charge in [0.2, 0.25) is 12.5 Å². The molecule has 0 atom stereocenters. The average molecular weight is 208 g/mol. The number of hydrogen-bond donors (Lipinski definition) is 1. The van der Waals surface area contributed by atoms with Crippen LogP contribution in [0.25, 0.3) is 0 Å². The fourth-order valence-electron chi connectivity index (χ4n) is 1.18. The van der Waals surface area contributed by atoms with E-state index in [0.29, 0.717) is 12.1 Å². The van der Waals surface area contributed by atoms with Crippen LogP contribution in [-0.4, -0.2) is 17.4 Å². The van der Waals surface area contributed by atoms with E-state index in [9.17, 15) is 14.9 Å². The molecule has 0 heterocycles. The summed E-state index contributed by atoms with van der Waals surface area (Å²) in [6.45, 7) is 1.36. The van der Waals surface area contributed by atoms with Gasteiger partial charge in [-0.1, -0.05) is 12.1 Å². The predicted molar refractivity (Wildman–Crippen MR) is 56.3 cm³/mol. The van der Waals surface area contributed by atoms with Crippen molar-refractivity contribution >= 4 is 11.6 Å². The Kier molecular flexibility index (Phi) is 3.79. The zero-order chi connectivity index (χ0) is 11.3. The number of hydrogen-bond acceptors (Lipinski definition) is 3. The molecule has 1 aromatic rings. The summed E-state index contributed by atoms with van der Waals surface area (Å²) in [5.74, 6) is -0.131. The number of carbonyl (C=O) groups excluding carboxylic acids is 1.